The average molecular weight is 1060 g/mol. The van der Waals surface area contributed by atoms with Crippen LogP contribution in [0.2, 0.25) is 0 Å². The summed E-state index contributed by atoms with van der Waals surface area (Å²) in [6.45, 7) is 0. The summed E-state index contributed by atoms with van der Waals surface area (Å²) in [4.78, 5) is -4.49. The first-order valence-corrected chi connectivity index (χ1v) is 20.4. The van der Waals surface area contributed by atoms with Crippen LogP contribution in [-0.4, -0.2) is 51.9 Å². The van der Waals surface area contributed by atoms with Gasteiger partial charge in [-0.05, 0) is 69.1 Å². The van der Waals surface area contributed by atoms with Gasteiger partial charge < -0.3 is 38.6 Å². The summed E-state index contributed by atoms with van der Waals surface area (Å²) in [6.07, 6.45) is 0. The van der Waals surface area contributed by atoms with E-state index in [4.69, 9.17) is 0 Å². The van der Waals surface area contributed by atoms with E-state index < -0.39 is 117 Å². The average Bonchev–Trinajstić information content (AvgIpc) is 3.09. The molecule has 0 atom stereocenters. The first-order valence-electron chi connectivity index (χ1n) is 14.8. The third-order valence-corrected chi connectivity index (χ3v) is 11.3. The van der Waals surface area contributed by atoms with Gasteiger partial charge in [-0.2, -0.15) is 10.2 Å². The standard InChI is InChI=1S/C32H22N4O16S4.2Cu.4Na/c37-21-11-15(7-9-19(21)33-35-29-25(55(47,48)49)13-17-3-1-5-23(53(41,42)43)27(17)31(29)39)16-8-10-20(22(38)12-16)34-36-30-26(56(50,51)52)14-18-4-2-6-24(54(44,45)46)28(18)32(30)40;;;;;;/h1-14,37-40H,(H,41,42,43)(H,44,45,46)(H,47,48,49)(H,50,51,52);;;;;;/q;2*+2;4*+1/p-8. The Labute approximate surface area is 461 Å². The fourth-order valence-electron chi connectivity index (χ4n) is 5.45. The van der Waals surface area contributed by atoms with E-state index in [9.17, 15) is 72.3 Å². The van der Waals surface area contributed by atoms with Crippen molar-refractivity contribution in [3.05, 3.63) is 84.9 Å². The fourth-order valence-corrected chi connectivity index (χ4v) is 8.14. The molecule has 6 aromatic carbocycles. The van der Waals surface area contributed by atoms with Crippen molar-refractivity contribution in [3.63, 3.8) is 0 Å². The van der Waals surface area contributed by atoms with Crippen LogP contribution in [0.4, 0.5) is 22.7 Å². The number of rotatable bonds is 9. The molecule has 6 rings (SSSR count). The van der Waals surface area contributed by atoms with Crippen molar-refractivity contribution in [1.29, 1.82) is 0 Å². The number of nitrogens with zero attached hydrogens (tertiary/aromatic N) is 4. The molecule has 308 valence electrons. The maximum Gasteiger partial charge on any atom is 2.00 e. The summed E-state index contributed by atoms with van der Waals surface area (Å²) in [5.41, 5.74) is -3.34. The van der Waals surface area contributed by atoms with Crippen LogP contribution in [0.3, 0.4) is 0 Å². The molecule has 0 unspecified atom stereocenters. The maximum atomic E-state index is 13.2. The van der Waals surface area contributed by atoms with Gasteiger partial charge in [-0.15, -0.1) is 10.2 Å². The van der Waals surface area contributed by atoms with Gasteiger partial charge in [-0.3, -0.25) is 0 Å². The van der Waals surface area contributed by atoms with Crippen LogP contribution in [-0.2, 0) is 74.6 Å². The topological polar surface area (TPSA) is 370 Å². The van der Waals surface area contributed by atoms with Gasteiger partial charge in [-0.1, -0.05) is 71.5 Å². The van der Waals surface area contributed by atoms with Crippen LogP contribution in [0.5, 0.6) is 23.0 Å². The zero-order chi connectivity index (χ0) is 41.1. The van der Waals surface area contributed by atoms with Crippen molar-refractivity contribution >= 4 is 84.8 Å². The van der Waals surface area contributed by atoms with E-state index in [1.807, 2.05) is 0 Å². The molecule has 0 saturated heterocycles. The van der Waals surface area contributed by atoms with Crippen molar-refractivity contribution in [2.75, 3.05) is 0 Å². The molecule has 0 fully saturated rings. The summed E-state index contributed by atoms with van der Waals surface area (Å²) in [6, 6.07) is 13.3. The van der Waals surface area contributed by atoms with E-state index in [-0.39, 0.29) is 174 Å². The Balaban J connectivity index is 0.00000620. The monoisotopic (exact) mass is 1060 g/mol. The molecule has 0 heterocycles. The van der Waals surface area contributed by atoms with Crippen LogP contribution in [0, 0.1) is 0 Å². The Hall–Kier alpha value is -1.08. The van der Waals surface area contributed by atoms with Crippen molar-refractivity contribution in [2.45, 2.75) is 19.6 Å². The van der Waals surface area contributed by atoms with E-state index in [1.165, 1.54) is 12.1 Å². The Kier molecular flexibility index (Phi) is 22.7. The minimum absolute atomic E-state index is 0. The molecule has 0 aromatic heterocycles. The molecule has 0 N–H and O–H groups in total. The quantitative estimate of drug-likeness (QED) is 0.0737. The molecule has 0 spiro atoms. The molecule has 20 nitrogen and oxygen atoms in total. The van der Waals surface area contributed by atoms with Crippen LogP contribution < -0.4 is 139 Å². The second-order valence-corrected chi connectivity index (χ2v) is 16.8. The molecule has 0 saturated carbocycles. The van der Waals surface area contributed by atoms with Gasteiger partial charge in [0, 0.05) is 0 Å². The molecular weight excluding hydrogens is 1040 g/mol. The minimum atomic E-state index is -5.45. The molecule has 62 heavy (non-hydrogen) atoms. The molecule has 30 heteroatoms. The second kappa shape index (κ2) is 23.1. The Morgan fingerprint density at radius 1 is 0.387 bits per heavy atom. The second-order valence-electron chi connectivity index (χ2n) is 11.4. The Bertz CT molecular complexity index is 3010. The van der Waals surface area contributed by atoms with E-state index in [1.54, 1.807) is 0 Å². The molecule has 6 aromatic rings. The van der Waals surface area contributed by atoms with E-state index in [0.29, 0.717) is 12.1 Å². The molecule has 0 bridgehead atoms. The number of hydrogen-bond donors (Lipinski definition) is 0. The van der Waals surface area contributed by atoms with Crippen LogP contribution in [0.1, 0.15) is 0 Å². The van der Waals surface area contributed by atoms with Gasteiger partial charge in [0.25, 0.3) is 0 Å². The smallest absolute Gasteiger partial charge is 0.871 e. The van der Waals surface area contributed by atoms with Crippen LogP contribution in [0.15, 0.2) is 125 Å². The fraction of sp³-hybridized carbons (Fsp3) is 0. The van der Waals surface area contributed by atoms with Gasteiger partial charge in [0.2, 0.25) is 0 Å². The molecular formula is C32H14Cu2N4Na4O16S4. The molecule has 0 aliphatic carbocycles. The van der Waals surface area contributed by atoms with Crippen molar-refractivity contribution in [1.82, 2.24) is 0 Å². The Morgan fingerprint density at radius 2 is 0.694 bits per heavy atom. The summed E-state index contributed by atoms with van der Waals surface area (Å²) in [7, 11) is -21.4. The summed E-state index contributed by atoms with van der Waals surface area (Å²) >= 11 is 0. The van der Waals surface area contributed by atoms with E-state index >= 15 is 0 Å². The van der Waals surface area contributed by atoms with Crippen molar-refractivity contribution in [3.8, 4) is 34.1 Å². The van der Waals surface area contributed by atoms with Crippen molar-refractivity contribution < 1.29 is 225 Å². The predicted molar refractivity (Wildman–Crippen MR) is 178 cm³/mol. The Morgan fingerprint density at radius 3 is 0.968 bits per heavy atom. The summed E-state index contributed by atoms with van der Waals surface area (Å²) in [5, 5.41) is 64.0. The predicted octanol–water partition coefficient (Wildman–Crippen LogP) is -9.59. The SMILES string of the molecule is O=S(=O)([O-])c1cc2cccc(S(=O)(=O)[O-])c2c([O-])c1N=Nc1ccc(-c2ccc(N=Nc3c(S(=O)(=O)[O-])cc4cccc(S(=O)(=O)[O-])c4c3[O-])c([O-])c2)cc1[O-].[Cu+2].[Cu+2].[Na+].[Na+].[Na+].[Na+]. The van der Waals surface area contributed by atoms with E-state index in [2.05, 4.69) is 20.5 Å². The number of fused-ring (bicyclic) bond motifs is 2. The zero-order valence-corrected chi connectivity index (χ0v) is 44.8. The molecule has 0 aliphatic rings. The van der Waals surface area contributed by atoms with Gasteiger partial charge in [0.05, 0.1) is 42.3 Å². The minimum Gasteiger partial charge on any atom is -0.871 e. The van der Waals surface area contributed by atoms with Gasteiger partial charge in [0.1, 0.15) is 40.5 Å². The summed E-state index contributed by atoms with van der Waals surface area (Å²) < 4.78 is 142. The first-order chi connectivity index (χ1) is 26.0. The molecule has 0 aliphatic heterocycles. The molecule has 2 radical (unpaired) electrons. The number of hydrogen-bond acceptors (Lipinski definition) is 20. The van der Waals surface area contributed by atoms with Crippen LogP contribution >= 0.6 is 0 Å². The van der Waals surface area contributed by atoms with Gasteiger partial charge >= 0.3 is 152 Å². The third kappa shape index (κ3) is 13.1. The number of azo groups is 2. The first kappa shape index (κ1) is 60.9. The van der Waals surface area contributed by atoms with Crippen molar-refractivity contribution in [2.24, 2.45) is 20.5 Å². The zero-order valence-electron chi connectivity index (χ0n) is 31.6. The number of benzene rings is 6. The van der Waals surface area contributed by atoms with Gasteiger partial charge in [0.15, 0.2) is 0 Å². The largest absolute Gasteiger partial charge is 2.00 e. The normalized spacial score (nSPS) is 11.7. The third-order valence-electron chi connectivity index (χ3n) is 7.89. The van der Waals surface area contributed by atoms with Gasteiger partial charge in [-0.25, -0.2) is 33.7 Å². The van der Waals surface area contributed by atoms with Crippen LogP contribution in [0.25, 0.3) is 32.7 Å². The molecule has 0 amide bonds. The van der Waals surface area contributed by atoms with E-state index in [0.717, 1.165) is 60.7 Å². The maximum absolute atomic E-state index is 13.2. The summed E-state index contributed by atoms with van der Waals surface area (Å²) in [5.74, 6) is -4.79.